The molecule has 2 aliphatic rings. The lowest BCUT2D eigenvalue weighted by molar-refractivity contribution is -0.134. The molecule has 0 radical (unpaired) electrons. The summed E-state index contributed by atoms with van der Waals surface area (Å²) in [7, 11) is -3.00. The van der Waals surface area contributed by atoms with Crippen molar-refractivity contribution in [2.45, 2.75) is 19.4 Å². The Morgan fingerprint density at radius 2 is 1.92 bits per heavy atom. The van der Waals surface area contributed by atoms with Crippen LogP contribution in [0, 0.1) is 0 Å². The first kappa shape index (κ1) is 19.0. The van der Waals surface area contributed by atoms with Crippen LogP contribution < -0.4 is 4.90 Å². The average molecular weight is 381 g/mol. The Hall–Kier alpha value is -1.80. The van der Waals surface area contributed by atoms with Crippen molar-refractivity contribution in [1.82, 2.24) is 9.80 Å². The van der Waals surface area contributed by atoms with E-state index in [0.717, 1.165) is 31.9 Å². The van der Waals surface area contributed by atoms with Crippen molar-refractivity contribution >= 4 is 21.4 Å². The zero-order valence-corrected chi connectivity index (χ0v) is 16.0. The number of hydrogen-bond acceptors (Lipinski definition) is 6. The highest BCUT2D eigenvalue weighted by Gasteiger charge is 2.34. The standard InChI is InChI=1S/C18H27N3O4S/c1-2-21(15-7-12-26(24,25)14-15)18(23)13-19-8-10-20(11-9-19)16-5-3-4-6-17(16)22/h3-6,15,22H,2,7-14H2,1H3/t15-/m0/s1. The molecule has 2 aliphatic heterocycles. The Kier molecular flexibility index (Phi) is 5.72. The number of para-hydroxylation sites is 2. The van der Waals surface area contributed by atoms with Gasteiger partial charge in [-0.2, -0.15) is 0 Å². The minimum Gasteiger partial charge on any atom is -0.506 e. The number of benzene rings is 1. The number of rotatable bonds is 5. The summed E-state index contributed by atoms with van der Waals surface area (Å²) in [6.45, 7) is 5.72. The fraction of sp³-hybridized carbons (Fsp3) is 0.611. The smallest absolute Gasteiger partial charge is 0.237 e. The number of nitrogens with zero attached hydrogens (tertiary/aromatic N) is 3. The molecule has 7 nitrogen and oxygen atoms in total. The van der Waals surface area contributed by atoms with E-state index in [1.54, 1.807) is 17.0 Å². The van der Waals surface area contributed by atoms with Crippen LogP contribution in [0.5, 0.6) is 5.75 Å². The lowest BCUT2D eigenvalue weighted by atomic mass is 10.2. The molecule has 1 atom stereocenters. The highest BCUT2D eigenvalue weighted by Crippen LogP contribution is 2.27. The molecule has 0 spiro atoms. The van der Waals surface area contributed by atoms with Crippen molar-refractivity contribution < 1.29 is 18.3 Å². The molecule has 3 rings (SSSR count). The monoisotopic (exact) mass is 381 g/mol. The van der Waals surface area contributed by atoms with E-state index in [-0.39, 0.29) is 29.2 Å². The van der Waals surface area contributed by atoms with E-state index in [0.29, 0.717) is 19.5 Å². The van der Waals surface area contributed by atoms with Crippen LogP contribution in [0.15, 0.2) is 24.3 Å². The highest BCUT2D eigenvalue weighted by atomic mass is 32.2. The predicted molar refractivity (Wildman–Crippen MR) is 101 cm³/mol. The summed E-state index contributed by atoms with van der Waals surface area (Å²) >= 11 is 0. The van der Waals surface area contributed by atoms with Crippen LogP contribution in [-0.2, 0) is 14.6 Å². The zero-order chi connectivity index (χ0) is 18.7. The lowest BCUT2D eigenvalue weighted by Crippen LogP contribution is -2.51. The minimum absolute atomic E-state index is 0.00519. The fourth-order valence-corrected chi connectivity index (χ4v) is 5.55. The van der Waals surface area contributed by atoms with Crippen LogP contribution in [0.4, 0.5) is 5.69 Å². The Labute approximate surface area is 155 Å². The highest BCUT2D eigenvalue weighted by molar-refractivity contribution is 7.91. The number of sulfone groups is 1. The van der Waals surface area contributed by atoms with E-state index < -0.39 is 9.84 Å². The summed E-state index contributed by atoms with van der Waals surface area (Å²) in [5, 5.41) is 9.98. The predicted octanol–water partition coefficient (Wildman–Crippen LogP) is 0.550. The average Bonchev–Trinajstić information content (AvgIpc) is 2.96. The number of carbonyl (C=O) groups excluding carboxylic acids is 1. The minimum atomic E-state index is -3.00. The summed E-state index contributed by atoms with van der Waals surface area (Å²) in [6.07, 6.45) is 0.545. The Morgan fingerprint density at radius 1 is 1.23 bits per heavy atom. The number of anilines is 1. The number of phenols is 1. The van der Waals surface area contributed by atoms with Gasteiger partial charge in [-0.1, -0.05) is 12.1 Å². The van der Waals surface area contributed by atoms with E-state index in [2.05, 4.69) is 9.80 Å². The van der Waals surface area contributed by atoms with E-state index in [1.807, 2.05) is 19.1 Å². The number of likely N-dealkylation sites (N-methyl/N-ethyl adjacent to an activating group) is 1. The summed E-state index contributed by atoms with van der Waals surface area (Å²) in [6, 6.07) is 7.10. The van der Waals surface area contributed by atoms with Gasteiger partial charge in [0.15, 0.2) is 9.84 Å². The van der Waals surface area contributed by atoms with Gasteiger partial charge in [-0.3, -0.25) is 9.69 Å². The van der Waals surface area contributed by atoms with Gasteiger partial charge in [-0.25, -0.2) is 8.42 Å². The topological polar surface area (TPSA) is 81.2 Å². The first-order valence-corrected chi connectivity index (χ1v) is 11.0. The van der Waals surface area contributed by atoms with Gasteiger partial charge >= 0.3 is 0 Å². The molecule has 144 valence electrons. The molecule has 2 fully saturated rings. The molecule has 2 saturated heterocycles. The van der Waals surface area contributed by atoms with Crippen LogP contribution in [0.1, 0.15) is 13.3 Å². The van der Waals surface area contributed by atoms with E-state index in [1.165, 1.54) is 0 Å². The van der Waals surface area contributed by atoms with Crippen molar-refractivity contribution in [3.8, 4) is 5.75 Å². The molecule has 0 aromatic heterocycles. The molecule has 0 bridgehead atoms. The molecule has 8 heteroatoms. The van der Waals surface area contributed by atoms with Crippen LogP contribution >= 0.6 is 0 Å². The van der Waals surface area contributed by atoms with Gasteiger partial charge in [0, 0.05) is 38.8 Å². The molecule has 2 heterocycles. The SMILES string of the molecule is CCN(C(=O)CN1CCN(c2ccccc2O)CC1)[C@H]1CCS(=O)(=O)C1. The maximum absolute atomic E-state index is 12.7. The van der Waals surface area contributed by atoms with Crippen LogP contribution in [0.25, 0.3) is 0 Å². The molecule has 26 heavy (non-hydrogen) atoms. The van der Waals surface area contributed by atoms with Crippen molar-refractivity contribution in [2.75, 3.05) is 55.7 Å². The van der Waals surface area contributed by atoms with Crippen molar-refractivity contribution in [1.29, 1.82) is 0 Å². The van der Waals surface area contributed by atoms with Crippen LogP contribution in [0.2, 0.25) is 0 Å². The van der Waals surface area contributed by atoms with Gasteiger partial charge in [0.2, 0.25) is 5.91 Å². The van der Waals surface area contributed by atoms with Gasteiger partial charge in [0.05, 0.1) is 23.7 Å². The second-order valence-electron chi connectivity index (χ2n) is 6.99. The Morgan fingerprint density at radius 3 is 2.50 bits per heavy atom. The van der Waals surface area contributed by atoms with Gasteiger partial charge in [-0.15, -0.1) is 0 Å². The quantitative estimate of drug-likeness (QED) is 0.802. The molecule has 0 aliphatic carbocycles. The summed E-state index contributed by atoms with van der Waals surface area (Å²) in [4.78, 5) is 18.6. The maximum atomic E-state index is 12.7. The molecule has 1 amide bonds. The third-order valence-corrected chi connectivity index (χ3v) is 7.01. The number of aromatic hydroxyl groups is 1. The number of amides is 1. The lowest BCUT2D eigenvalue weighted by Gasteiger charge is -2.37. The van der Waals surface area contributed by atoms with Crippen molar-refractivity contribution in [3.05, 3.63) is 24.3 Å². The molecule has 1 aromatic carbocycles. The molecule has 0 saturated carbocycles. The molecular weight excluding hydrogens is 354 g/mol. The number of piperazine rings is 1. The fourth-order valence-electron chi connectivity index (χ4n) is 3.82. The summed E-state index contributed by atoms with van der Waals surface area (Å²) in [5.41, 5.74) is 0.824. The van der Waals surface area contributed by atoms with Gasteiger partial charge in [0.25, 0.3) is 0 Å². The second-order valence-corrected chi connectivity index (χ2v) is 9.22. The van der Waals surface area contributed by atoms with Gasteiger partial charge in [0.1, 0.15) is 5.75 Å². The van der Waals surface area contributed by atoms with Gasteiger partial charge < -0.3 is 14.9 Å². The van der Waals surface area contributed by atoms with Crippen molar-refractivity contribution in [2.24, 2.45) is 0 Å². The second kappa shape index (κ2) is 7.84. The first-order chi connectivity index (χ1) is 12.4. The third-order valence-electron chi connectivity index (χ3n) is 5.26. The maximum Gasteiger partial charge on any atom is 0.237 e. The number of phenolic OH excluding ortho intramolecular Hbond substituents is 1. The van der Waals surface area contributed by atoms with Crippen molar-refractivity contribution in [3.63, 3.8) is 0 Å². The Bertz CT molecular complexity index is 745. The van der Waals surface area contributed by atoms with Crippen LogP contribution in [0.3, 0.4) is 0 Å². The molecule has 0 unspecified atom stereocenters. The zero-order valence-electron chi connectivity index (χ0n) is 15.2. The van der Waals surface area contributed by atoms with Crippen LogP contribution in [-0.4, -0.2) is 86.0 Å². The number of hydrogen-bond donors (Lipinski definition) is 1. The van der Waals surface area contributed by atoms with E-state index in [4.69, 9.17) is 0 Å². The largest absolute Gasteiger partial charge is 0.506 e. The third kappa shape index (κ3) is 4.29. The normalized spacial score (nSPS) is 23.1. The molecular formula is C18H27N3O4S. The van der Waals surface area contributed by atoms with Gasteiger partial charge in [-0.05, 0) is 25.5 Å². The summed E-state index contributed by atoms with van der Waals surface area (Å²) in [5.74, 6) is 0.552. The number of carbonyl (C=O) groups is 1. The summed E-state index contributed by atoms with van der Waals surface area (Å²) < 4.78 is 23.4. The van der Waals surface area contributed by atoms with E-state index >= 15 is 0 Å². The molecule has 1 N–H and O–H groups in total. The first-order valence-electron chi connectivity index (χ1n) is 9.15. The Balaban J connectivity index is 1.53. The van der Waals surface area contributed by atoms with E-state index in [9.17, 15) is 18.3 Å². The molecule has 1 aromatic rings.